The van der Waals surface area contributed by atoms with Crippen LogP contribution in [0.1, 0.15) is 17.3 Å². The summed E-state index contributed by atoms with van der Waals surface area (Å²) in [4.78, 5) is 15.1. The Hall–Kier alpha value is -1.50. The van der Waals surface area contributed by atoms with Gasteiger partial charge in [-0.1, -0.05) is 6.92 Å². The zero-order valence-corrected chi connectivity index (χ0v) is 10.2. The van der Waals surface area contributed by atoms with Gasteiger partial charge in [-0.25, -0.2) is 9.37 Å². The number of rotatable bonds is 5. The molecule has 1 aromatic heterocycles. The quantitative estimate of drug-likeness (QED) is 0.796. The van der Waals surface area contributed by atoms with Crippen LogP contribution < -0.4 is 11.1 Å². The molecule has 1 heterocycles. The second-order valence-electron chi connectivity index (χ2n) is 3.25. The molecule has 5 nitrogen and oxygen atoms in total. The summed E-state index contributed by atoms with van der Waals surface area (Å²) in [6.07, 6.45) is 1.26. The van der Waals surface area contributed by atoms with Crippen LogP contribution in [0.5, 0.6) is 0 Å². The number of pyridine rings is 1. The Morgan fingerprint density at radius 3 is 3.00 bits per heavy atom. The number of halogens is 1. The van der Waals surface area contributed by atoms with Crippen molar-refractivity contribution >= 4 is 22.5 Å². The van der Waals surface area contributed by atoms with Gasteiger partial charge in [0.2, 0.25) is 0 Å². The van der Waals surface area contributed by atoms with E-state index >= 15 is 0 Å². The number of hydrogen-bond acceptors (Lipinski definition) is 4. The molecule has 0 aliphatic carbocycles. The first-order chi connectivity index (χ1) is 8.06. The van der Waals surface area contributed by atoms with Gasteiger partial charge in [0.05, 0.1) is 5.56 Å². The number of anilines is 1. The SMILES string of the molecule is CCS(=O)CCNC(=O)c1ccnc(N)c1F. The Bertz CT molecular complexity index is 440. The molecule has 0 aromatic carbocycles. The molecule has 0 aliphatic heterocycles. The lowest BCUT2D eigenvalue weighted by Crippen LogP contribution is -2.29. The second kappa shape index (κ2) is 6.29. The van der Waals surface area contributed by atoms with Gasteiger partial charge < -0.3 is 11.1 Å². The molecular formula is C10H14FN3O2S. The first-order valence-electron chi connectivity index (χ1n) is 5.09. The maximum Gasteiger partial charge on any atom is 0.254 e. The maximum absolute atomic E-state index is 13.4. The molecule has 0 saturated carbocycles. The Kier molecular flexibility index (Phi) is 5.02. The predicted octanol–water partition coefficient (Wildman–Crippen LogP) is 0.301. The zero-order valence-electron chi connectivity index (χ0n) is 9.40. The number of carbonyl (C=O) groups excluding carboxylic acids is 1. The van der Waals surface area contributed by atoms with Gasteiger partial charge in [0.15, 0.2) is 11.6 Å². The highest BCUT2D eigenvalue weighted by atomic mass is 32.2. The number of nitrogens with zero attached hydrogens (tertiary/aromatic N) is 1. The summed E-state index contributed by atoms with van der Waals surface area (Å²) < 4.78 is 24.5. The van der Waals surface area contributed by atoms with Crippen molar-refractivity contribution in [3.8, 4) is 0 Å². The Morgan fingerprint density at radius 2 is 2.35 bits per heavy atom. The van der Waals surface area contributed by atoms with Crippen molar-refractivity contribution in [2.75, 3.05) is 23.8 Å². The molecule has 3 N–H and O–H groups in total. The lowest BCUT2D eigenvalue weighted by atomic mass is 10.2. The van der Waals surface area contributed by atoms with Crippen molar-refractivity contribution in [3.63, 3.8) is 0 Å². The van der Waals surface area contributed by atoms with Crippen LogP contribution in [0.2, 0.25) is 0 Å². The fourth-order valence-corrected chi connectivity index (χ4v) is 1.77. The average Bonchev–Trinajstić information content (AvgIpc) is 2.32. The highest BCUT2D eigenvalue weighted by Crippen LogP contribution is 2.11. The minimum absolute atomic E-state index is 0.153. The van der Waals surface area contributed by atoms with Crippen LogP contribution in [0, 0.1) is 5.82 Å². The van der Waals surface area contributed by atoms with Crippen LogP contribution in [0.4, 0.5) is 10.2 Å². The Labute approximate surface area is 101 Å². The van der Waals surface area contributed by atoms with Crippen LogP contribution in [0.15, 0.2) is 12.3 Å². The molecule has 0 saturated heterocycles. The van der Waals surface area contributed by atoms with E-state index in [0.717, 1.165) is 0 Å². The van der Waals surface area contributed by atoms with Crippen molar-refractivity contribution in [2.24, 2.45) is 0 Å². The summed E-state index contributed by atoms with van der Waals surface area (Å²) in [5.74, 6) is -0.835. The zero-order chi connectivity index (χ0) is 12.8. The fraction of sp³-hybridized carbons (Fsp3) is 0.400. The predicted molar refractivity (Wildman–Crippen MR) is 64.5 cm³/mol. The molecule has 17 heavy (non-hydrogen) atoms. The highest BCUT2D eigenvalue weighted by Gasteiger charge is 2.13. The molecule has 1 unspecified atom stereocenters. The number of nitrogen functional groups attached to an aromatic ring is 1. The van der Waals surface area contributed by atoms with E-state index in [1.807, 2.05) is 0 Å². The minimum atomic E-state index is -0.955. The van der Waals surface area contributed by atoms with Gasteiger partial charge in [-0.05, 0) is 6.07 Å². The van der Waals surface area contributed by atoms with Crippen molar-refractivity contribution in [2.45, 2.75) is 6.92 Å². The molecule has 7 heteroatoms. The number of carbonyl (C=O) groups is 1. The maximum atomic E-state index is 13.4. The number of nitrogens with two attached hydrogens (primary N) is 1. The van der Waals surface area contributed by atoms with E-state index in [0.29, 0.717) is 11.5 Å². The molecule has 0 radical (unpaired) electrons. The van der Waals surface area contributed by atoms with Crippen LogP contribution >= 0.6 is 0 Å². The Balaban J connectivity index is 2.59. The third kappa shape index (κ3) is 3.77. The number of hydrogen-bond donors (Lipinski definition) is 2. The van der Waals surface area contributed by atoms with E-state index in [4.69, 9.17) is 5.73 Å². The molecule has 94 valence electrons. The summed E-state index contributed by atoms with van der Waals surface area (Å²) in [5.41, 5.74) is 5.09. The van der Waals surface area contributed by atoms with Crippen LogP contribution in [-0.4, -0.2) is 33.2 Å². The van der Waals surface area contributed by atoms with Crippen molar-refractivity contribution < 1.29 is 13.4 Å². The third-order valence-electron chi connectivity index (χ3n) is 2.10. The van der Waals surface area contributed by atoms with E-state index in [2.05, 4.69) is 10.3 Å². The number of nitrogens with one attached hydrogen (secondary N) is 1. The average molecular weight is 259 g/mol. The molecule has 1 aromatic rings. The van der Waals surface area contributed by atoms with Crippen LogP contribution in [-0.2, 0) is 10.8 Å². The van der Waals surface area contributed by atoms with E-state index in [1.54, 1.807) is 6.92 Å². The van der Waals surface area contributed by atoms with Gasteiger partial charge in [0.25, 0.3) is 5.91 Å². The molecular weight excluding hydrogens is 245 g/mol. The molecule has 1 amide bonds. The van der Waals surface area contributed by atoms with Crippen LogP contribution in [0.3, 0.4) is 0 Å². The van der Waals surface area contributed by atoms with Gasteiger partial charge in [-0.3, -0.25) is 9.00 Å². The van der Waals surface area contributed by atoms with Gasteiger partial charge in [-0.2, -0.15) is 0 Å². The summed E-state index contributed by atoms with van der Waals surface area (Å²) in [6.45, 7) is 2.03. The number of amides is 1. The smallest absolute Gasteiger partial charge is 0.254 e. The highest BCUT2D eigenvalue weighted by molar-refractivity contribution is 7.84. The largest absolute Gasteiger partial charge is 0.381 e. The fourth-order valence-electron chi connectivity index (χ4n) is 1.15. The standard InChI is InChI=1S/C10H14FN3O2S/c1-2-17(16)6-5-14-10(15)7-3-4-13-9(12)8(7)11/h3-4H,2,5-6H2,1H3,(H2,12,13)(H,14,15). The molecule has 0 aliphatic rings. The van der Waals surface area contributed by atoms with E-state index in [-0.39, 0.29) is 17.9 Å². The lowest BCUT2D eigenvalue weighted by Gasteiger charge is -2.06. The first-order valence-corrected chi connectivity index (χ1v) is 6.58. The van der Waals surface area contributed by atoms with E-state index < -0.39 is 22.5 Å². The molecule has 1 rings (SSSR count). The van der Waals surface area contributed by atoms with Gasteiger partial charge in [-0.15, -0.1) is 0 Å². The summed E-state index contributed by atoms with van der Waals surface area (Å²) >= 11 is 0. The third-order valence-corrected chi connectivity index (χ3v) is 3.40. The lowest BCUT2D eigenvalue weighted by molar-refractivity contribution is 0.0952. The normalized spacial score (nSPS) is 12.1. The summed E-state index contributed by atoms with van der Waals surface area (Å²) in [7, 11) is -0.955. The number of aromatic nitrogens is 1. The van der Waals surface area contributed by atoms with Gasteiger partial charge >= 0.3 is 0 Å². The molecule has 0 fully saturated rings. The van der Waals surface area contributed by atoms with E-state index in [1.165, 1.54) is 12.3 Å². The molecule has 1 atom stereocenters. The van der Waals surface area contributed by atoms with Crippen molar-refractivity contribution in [1.82, 2.24) is 10.3 Å². The Morgan fingerprint density at radius 1 is 1.65 bits per heavy atom. The van der Waals surface area contributed by atoms with Gasteiger partial charge in [0, 0.05) is 35.0 Å². The topological polar surface area (TPSA) is 85.1 Å². The summed E-state index contributed by atoms with van der Waals surface area (Å²) in [6, 6.07) is 1.25. The summed E-state index contributed by atoms with van der Waals surface area (Å²) in [5, 5.41) is 2.48. The monoisotopic (exact) mass is 259 g/mol. The minimum Gasteiger partial charge on any atom is -0.381 e. The van der Waals surface area contributed by atoms with Gasteiger partial charge in [0.1, 0.15) is 0 Å². The first kappa shape index (κ1) is 13.6. The van der Waals surface area contributed by atoms with E-state index in [9.17, 15) is 13.4 Å². The molecule has 0 bridgehead atoms. The second-order valence-corrected chi connectivity index (χ2v) is 5.11. The van der Waals surface area contributed by atoms with Crippen LogP contribution in [0.25, 0.3) is 0 Å². The van der Waals surface area contributed by atoms with Crippen molar-refractivity contribution in [3.05, 3.63) is 23.6 Å². The molecule has 0 spiro atoms. The van der Waals surface area contributed by atoms with Crippen molar-refractivity contribution in [1.29, 1.82) is 0 Å².